The number of hydrogen-bond donors (Lipinski definition) is 0. The number of carbonyl (C=O) groups is 1. The van der Waals surface area contributed by atoms with Crippen LogP contribution in [0, 0.1) is 5.92 Å². The van der Waals surface area contributed by atoms with Gasteiger partial charge in [-0.25, -0.2) is 4.68 Å². The van der Waals surface area contributed by atoms with Crippen molar-refractivity contribution in [3.05, 3.63) is 106 Å². The van der Waals surface area contributed by atoms with E-state index in [1.165, 1.54) is 18.2 Å². The lowest BCUT2D eigenvalue weighted by Crippen LogP contribution is -2.37. The van der Waals surface area contributed by atoms with Gasteiger partial charge in [-0.05, 0) is 79.1 Å². The summed E-state index contributed by atoms with van der Waals surface area (Å²) in [6.07, 6.45) is 6.23. The molecule has 4 aromatic rings. The van der Waals surface area contributed by atoms with Gasteiger partial charge in [-0.2, -0.15) is 10.1 Å². The molecule has 0 aliphatic carbocycles. The van der Waals surface area contributed by atoms with Crippen molar-refractivity contribution >= 4 is 40.5 Å². The van der Waals surface area contributed by atoms with Gasteiger partial charge in [-0.15, -0.1) is 0 Å². The van der Waals surface area contributed by atoms with Crippen molar-refractivity contribution in [1.29, 1.82) is 0 Å². The summed E-state index contributed by atoms with van der Waals surface area (Å²) in [5.41, 5.74) is 4.43. The van der Waals surface area contributed by atoms with Crippen molar-refractivity contribution in [1.82, 2.24) is 14.7 Å². The molecule has 1 saturated heterocycles. The lowest BCUT2D eigenvalue weighted by molar-refractivity contribution is -0.113. The molecule has 1 unspecified atom stereocenters. The van der Waals surface area contributed by atoms with Crippen LogP contribution < -0.4 is 4.74 Å². The zero-order valence-electron chi connectivity index (χ0n) is 22.2. The van der Waals surface area contributed by atoms with Gasteiger partial charge in [-0.3, -0.25) is 4.79 Å². The molecule has 202 valence electrons. The molecule has 1 fully saturated rings. The minimum atomic E-state index is -0.194. The average molecular weight is 569 g/mol. The molecule has 0 saturated carbocycles. The van der Waals surface area contributed by atoms with Crippen LogP contribution in [0.15, 0.2) is 95.0 Å². The summed E-state index contributed by atoms with van der Waals surface area (Å²) in [7, 11) is 0. The number of amides is 1. The Labute approximate surface area is 243 Å². The summed E-state index contributed by atoms with van der Waals surface area (Å²) in [5, 5.41) is 6.41. The molecule has 0 N–H and O–H groups in total. The number of rotatable bonds is 6. The van der Waals surface area contributed by atoms with Gasteiger partial charge in [0.05, 0.1) is 16.3 Å². The van der Waals surface area contributed by atoms with Crippen LogP contribution >= 0.6 is 23.4 Å². The highest BCUT2D eigenvalue weighted by Gasteiger charge is 2.29. The molecular formula is C32H29ClN4O2S. The monoisotopic (exact) mass is 568 g/mol. The third kappa shape index (κ3) is 5.86. The van der Waals surface area contributed by atoms with Crippen LogP contribution in [0.4, 0.5) is 0 Å². The van der Waals surface area contributed by atoms with E-state index in [9.17, 15) is 4.79 Å². The third-order valence-corrected chi connectivity index (χ3v) is 8.48. The molecule has 0 radical (unpaired) electrons. The van der Waals surface area contributed by atoms with Crippen LogP contribution in [0.1, 0.15) is 30.9 Å². The average Bonchev–Trinajstić information content (AvgIpc) is 3.57. The van der Waals surface area contributed by atoms with Crippen LogP contribution in [0.3, 0.4) is 0 Å². The van der Waals surface area contributed by atoms with Crippen molar-refractivity contribution in [3.8, 4) is 22.7 Å². The zero-order chi connectivity index (χ0) is 27.5. The molecule has 2 aliphatic rings. The second-order valence-electron chi connectivity index (χ2n) is 10.1. The molecule has 3 aromatic carbocycles. The molecule has 2 aliphatic heterocycles. The Morgan fingerprint density at radius 3 is 2.60 bits per heavy atom. The van der Waals surface area contributed by atoms with Gasteiger partial charge in [0.1, 0.15) is 12.4 Å². The fourth-order valence-electron chi connectivity index (χ4n) is 4.95. The number of para-hydroxylation sites is 1. The highest BCUT2D eigenvalue weighted by Crippen LogP contribution is 2.35. The normalized spacial score (nSPS) is 18.3. The highest BCUT2D eigenvalue weighted by atomic mass is 35.5. The Hall–Kier alpha value is -3.81. The smallest absolute Gasteiger partial charge is 0.286 e. The number of likely N-dealkylation sites (tertiary alicyclic amines) is 1. The summed E-state index contributed by atoms with van der Waals surface area (Å²) < 4.78 is 7.83. The Morgan fingerprint density at radius 2 is 1.82 bits per heavy atom. The summed E-state index contributed by atoms with van der Waals surface area (Å²) in [4.78, 5) is 20.2. The lowest BCUT2D eigenvalue weighted by Gasteiger charge is -2.31. The quantitative estimate of drug-likeness (QED) is 0.226. The highest BCUT2D eigenvalue weighted by molar-refractivity contribution is 8.18. The van der Waals surface area contributed by atoms with E-state index >= 15 is 0 Å². The van der Waals surface area contributed by atoms with Crippen LogP contribution in [0.2, 0.25) is 5.02 Å². The van der Waals surface area contributed by atoms with Crippen LogP contribution in [0.5, 0.6) is 5.75 Å². The third-order valence-electron chi connectivity index (χ3n) is 7.07. The molecule has 6 nitrogen and oxygen atoms in total. The number of aromatic nitrogens is 2. The number of carbonyl (C=O) groups excluding carboxylic acids is 1. The standard InChI is InChI=1S/C32H29ClN4O2S/c1-22-8-7-17-36(19-22)32-34-31(38)29(40-32)18-25-20-37(26-10-3-2-4-11-26)35-30(25)23-13-15-27(16-14-23)39-21-24-9-5-6-12-28(24)33/h2-6,9-16,18,20,22H,7-8,17,19,21H2,1H3/b29-18+. The molecule has 1 aromatic heterocycles. The topological polar surface area (TPSA) is 59.7 Å². The summed E-state index contributed by atoms with van der Waals surface area (Å²) in [6.45, 7) is 4.52. The molecule has 0 spiro atoms. The number of halogens is 1. The summed E-state index contributed by atoms with van der Waals surface area (Å²) >= 11 is 7.73. The fourth-order valence-corrected chi connectivity index (χ4v) is 6.08. The molecule has 6 rings (SSSR count). The number of piperidine rings is 1. The van der Waals surface area contributed by atoms with E-state index in [1.807, 2.05) is 95.8 Å². The van der Waals surface area contributed by atoms with Crippen LogP contribution in [-0.4, -0.2) is 38.8 Å². The van der Waals surface area contributed by atoms with E-state index in [0.717, 1.165) is 58.5 Å². The maximum absolute atomic E-state index is 12.9. The maximum Gasteiger partial charge on any atom is 0.286 e. The first-order chi connectivity index (χ1) is 19.5. The van der Waals surface area contributed by atoms with Gasteiger partial charge in [0.2, 0.25) is 0 Å². The van der Waals surface area contributed by atoms with Crippen molar-refractivity contribution in [2.24, 2.45) is 10.9 Å². The molecule has 3 heterocycles. The Kier molecular flexibility index (Phi) is 7.75. The van der Waals surface area contributed by atoms with Gasteiger partial charge < -0.3 is 9.64 Å². The summed E-state index contributed by atoms with van der Waals surface area (Å²) in [6, 6.07) is 25.5. The Bertz CT molecular complexity index is 1580. The molecule has 40 heavy (non-hydrogen) atoms. The largest absolute Gasteiger partial charge is 0.489 e. The van der Waals surface area contributed by atoms with Crippen molar-refractivity contribution in [3.63, 3.8) is 0 Å². The Balaban J connectivity index is 1.27. The van der Waals surface area contributed by atoms with E-state index in [0.29, 0.717) is 22.5 Å². The van der Waals surface area contributed by atoms with Gasteiger partial charge in [0.15, 0.2) is 5.17 Å². The van der Waals surface area contributed by atoms with Crippen LogP contribution in [0.25, 0.3) is 23.0 Å². The zero-order valence-corrected chi connectivity index (χ0v) is 23.7. The molecule has 1 atom stereocenters. The number of nitrogens with zero attached hydrogens (tertiary/aromatic N) is 4. The number of ether oxygens (including phenoxy) is 1. The molecule has 1 amide bonds. The Morgan fingerprint density at radius 1 is 1.05 bits per heavy atom. The predicted octanol–water partition coefficient (Wildman–Crippen LogP) is 7.47. The first kappa shape index (κ1) is 26.4. The number of amidine groups is 1. The first-order valence-electron chi connectivity index (χ1n) is 13.4. The number of aliphatic imine (C=N–C) groups is 1. The first-order valence-corrected chi connectivity index (χ1v) is 14.6. The van der Waals surface area contributed by atoms with E-state index in [4.69, 9.17) is 21.4 Å². The number of hydrogen-bond acceptors (Lipinski definition) is 5. The van der Waals surface area contributed by atoms with Crippen molar-refractivity contribution in [2.75, 3.05) is 13.1 Å². The van der Waals surface area contributed by atoms with Crippen LogP contribution in [-0.2, 0) is 11.4 Å². The number of benzene rings is 3. The molecule has 0 bridgehead atoms. The van der Waals surface area contributed by atoms with Gasteiger partial charge >= 0.3 is 0 Å². The second-order valence-corrected chi connectivity index (χ2v) is 11.5. The van der Waals surface area contributed by atoms with Crippen molar-refractivity contribution < 1.29 is 9.53 Å². The fraction of sp³-hybridized carbons (Fsp3) is 0.219. The summed E-state index contributed by atoms with van der Waals surface area (Å²) in [5.74, 6) is 1.15. The van der Waals surface area contributed by atoms with Crippen molar-refractivity contribution in [2.45, 2.75) is 26.4 Å². The molecule has 8 heteroatoms. The van der Waals surface area contributed by atoms with E-state index in [2.05, 4.69) is 16.8 Å². The predicted molar refractivity (Wildman–Crippen MR) is 163 cm³/mol. The van der Waals surface area contributed by atoms with Gasteiger partial charge in [0.25, 0.3) is 5.91 Å². The molecular weight excluding hydrogens is 540 g/mol. The maximum atomic E-state index is 12.9. The van der Waals surface area contributed by atoms with E-state index in [-0.39, 0.29) is 5.91 Å². The SMILES string of the molecule is CC1CCCN(C2=NC(=O)/C(=C\c3cn(-c4ccccc4)nc3-c3ccc(OCc4ccccc4Cl)cc3)S2)C1. The minimum Gasteiger partial charge on any atom is -0.489 e. The lowest BCUT2D eigenvalue weighted by atomic mass is 10.0. The van der Waals surface area contributed by atoms with Gasteiger partial charge in [-0.1, -0.05) is 54.9 Å². The number of thioether (sulfide) groups is 1. The minimum absolute atomic E-state index is 0.194. The van der Waals surface area contributed by atoms with E-state index < -0.39 is 0 Å². The van der Waals surface area contributed by atoms with Gasteiger partial charge in [0, 0.05) is 41.0 Å². The second kappa shape index (κ2) is 11.7. The van der Waals surface area contributed by atoms with E-state index in [1.54, 1.807) is 0 Å².